The zero-order chi connectivity index (χ0) is 12.3. The molecular formula is C11H14ClN3O2. The molecule has 17 heavy (non-hydrogen) atoms. The highest BCUT2D eigenvalue weighted by atomic mass is 35.5. The number of furan rings is 1. The Hall–Kier alpha value is -1.46. The molecule has 0 bridgehead atoms. The number of hydrogen-bond acceptors (Lipinski definition) is 4. The second-order valence-corrected chi connectivity index (χ2v) is 3.98. The van der Waals surface area contributed by atoms with Crippen molar-refractivity contribution in [3.63, 3.8) is 0 Å². The van der Waals surface area contributed by atoms with Crippen molar-refractivity contribution >= 4 is 11.6 Å². The molecule has 0 aliphatic heterocycles. The molecule has 2 heterocycles. The third kappa shape index (κ3) is 3.01. The summed E-state index contributed by atoms with van der Waals surface area (Å²) in [7, 11) is 3.47. The Labute approximate surface area is 104 Å². The lowest BCUT2D eigenvalue weighted by Crippen LogP contribution is -2.12. The summed E-state index contributed by atoms with van der Waals surface area (Å²) in [4.78, 5) is 0. The maximum absolute atomic E-state index is 5.67. The van der Waals surface area contributed by atoms with E-state index in [1.54, 1.807) is 17.9 Å². The number of rotatable bonds is 5. The molecule has 0 saturated carbocycles. The van der Waals surface area contributed by atoms with E-state index < -0.39 is 0 Å². The van der Waals surface area contributed by atoms with Crippen molar-refractivity contribution < 1.29 is 9.15 Å². The zero-order valence-corrected chi connectivity index (χ0v) is 10.5. The van der Waals surface area contributed by atoms with E-state index in [-0.39, 0.29) is 0 Å². The maximum Gasteiger partial charge on any atom is 0.211 e. The van der Waals surface area contributed by atoms with Crippen molar-refractivity contribution in [2.45, 2.75) is 13.1 Å². The van der Waals surface area contributed by atoms with Crippen molar-refractivity contribution in [1.82, 2.24) is 15.1 Å². The van der Waals surface area contributed by atoms with Crippen LogP contribution >= 0.6 is 11.6 Å². The van der Waals surface area contributed by atoms with Crippen molar-refractivity contribution in [2.75, 3.05) is 7.11 Å². The fourth-order valence-electron chi connectivity index (χ4n) is 1.54. The third-order valence-electron chi connectivity index (χ3n) is 2.33. The second-order valence-electron chi connectivity index (χ2n) is 3.61. The van der Waals surface area contributed by atoms with Crippen LogP contribution in [0, 0.1) is 0 Å². The van der Waals surface area contributed by atoms with E-state index in [1.165, 1.54) is 0 Å². The lowest BCUT2D eigenvalue weighted by atomic mass is 10.4. The van der Waals surface area contributed by atoms with Gasteiger partial charge in [-0.2, -0.15) is 5.10 Å². The summed E-state index contributed by atoms with van der Waals surface area (Å²) in [5, 5.41) is 7.91. The predicted molar refractivity (Wildman–Crippen MR) is 64.0 cm³/mol. The molecule has 0 atom stereocenters. The molecule has 2 aromatic heterocycles. The molecule has 1 N–H and O–H groups in total. The van der Waals surface area contributed by atoms with Gasteiger partial charge in [0.2, 0.25) is 5.88 Å². The van der Waals surface area contributed by atoms with E-state index in [0.717, 1.165) is 17.3 Å². The third-order valence-corrected chi connectivity index (χ3v) is 2.53. The molecule has 0 radical (unpaired) electrons. The van der Waals surface area contributed by atoms with Crippen LogP contribution in [0.3, 0.4) is 0 Å². The minimum atomic E-state index is 0.404. The number of aromatic nitrogens is 2. The van der Waals surface area contributed by atoms with Gasteiger partial charge in [-0.1, -0.05) is 0 Å². The van der Waals surface area contributed by atoms with Crippen LogP contribution in [0.4, 0.5) is 0 Å². The highest BCUT2D eigenvalue weighted by Crippen LogP contribution is 2.13. The van der Waals surface area contributed by atoms with Gasteiger partial charge in [0.05, 0.1) is 19.3 Å². The number of halogens is 1. The van der Waals surface area contributed by atoms with Crippen LogP contribution in [0.15, 0.2) is 22.6 Å². The number of ether oxygens (including phenoxy) is 1. The average Bonchev–Trinajstić information content (AvgIpc) is 2.85. The molecular weight excluding hydrogens is 242 g/mol. The van der Waals surface area contributed by atoms with Crippen LogP contribution in [0.5, 0.6) is 5.88 Å². The molecule has 2 aromatic rings. The lowest BCUT2D eigenvalue weighted by Gasteiger charge is -1.98. The van der Waals surface area contributed by atoms with Gasteiger partial charge in [0.1, 0.15) is 5.76 Å². The number of aryl methyl sites for hydroxylation is 1. The topological polar surface area (TPSA) is 52.2 Å². The van der Waals surface area contributed by atoms with Crippen LogP contribution < -0.4 is 10.1 Å². The fraction of sp³-hybridized carbons (Fsp3) is 0.364. The van der Waals surface area contributed by atoms with Gasteiger partial charge in [-0.3, -0.25) is 0 Å². The minimum Gasteiger partial charge on any atom is -0.481 e. The molecule has 0 unspecified atom stereocenters. The van der Waals surface area contributed by atoms with Crippen molar-refractivity contribution in [1.29, 1.82) is 0 Å². The first-order valence-corrected chi connectivity index (χ1v) is 5.58. The normalized spacial score (nSPS) is 10.8. The van der Waals surface area contributed by atoms with Gasteiger partial charge < -0.3 is 14.5 Å². The molecule has 0 saturated heterocycles. The molecule has 6 heteroatoms. The van der Waals surface area contributed by atoms with Gasteiger partial charge in [0.25, 0.3) is 0 Å². The summed E-state index contributed by atoms with van der Waals surface area (Å²) < 4.78 is 12.0. The molecule has 0 aliphatic rings. The van der Waals surface area contributed by atoms with Crippen molar-refractivity contribution in [2.24, 2.45) is 7.05 Å². The van der Waals surface area contributed by atoms with E-state index >= 15 is 0 Å². The fourth-order valence-corrected chi connectivity index (χ4v) is 1.71. The summed E-state index contributed by atoms with van der Waals surface area (Å²) in [6, 6.07) is 5.46. The Morgan fingerprint density at radius 2 is 2.29 bits per heavy atom. The van der Waals surface area contributed by atoms with Gasteiger partial charge >= 0.3 is 0 Å². The van der Waals surface area contributed by atoms with E-state index in [2.05, 4.69) is 10.4 Å². The van der Waals surface area contributed by atoms with Gasteiger partial charge in [-0.15, -0.1) is 0 Å². The van der Waals surface area contributed by atoms with E-state index in [4.69, 9.17) is 20.8 Å². The van der Waals surface area contributed by atoms with Gasteiger partial charge in [0, 0.05) is 19.7 Å². The SMILES string of the molecule is COc1cc(CNCc2ccc(Cl)o2)nn1C. The first-order valence-electron chi connectivity index (χ1n) is 5.21. The first kappa shape index (κ1) is 12.0. The molecule has 0 aliphatic carbocycles. The molecule has 0 spiro atoms. The van der Waals surface area contributed by atoms with Crippen molar-refractivity contribution in [3.8, 4) is 5.88 Å². The van der Waals surface area contributed by atoms with Crippen LogP contribution in [0.1, 0.15) is 11.5 Å². The number of nitrogens with zero attached hydrogens (tertiary/aromatic N) is 2. The number of hydrogen-bond donors (Lipinski definition) is 1. The average molecular weight is 256 g/mol. The van der Waals surface area contributed by atoms with E-state index in [9.17, 15) is 0 Å². The summed E-state index contributed by atoms with van der Waals surface area (Å²) in [6.07, 6.45) is 0. The Morgan fingerprint density at radius 3 is 2.88 bits per heavy atom. The largest absolute Gasteiger partial charge is 0.481 e. The molecule has 92 valence electrons. The van der Waals surface area contributed by atoms with E-state index in [0.29, 0.717) is 18.3 Å². The highest BCUT2D eigenvalue weighted by molar-refractivity contribution is 6.28. The quantitative estimate of drug-likeness (QED) is 0.888. The van der Waals surface area contributed by atoms with Crippen LogP contribution in [-0.2, 0) is 20.1 Å². The van der Waals surface area contributed by atoms with Crippen molar-refractivity contribution in [3.05, 3.63) is 34.9 Å². The van der Waals surface area contributed by atoms with Crippen LogP contribution in [0.2, 0.25) is 5.22 Å². The molecule has 0 fully saturated rings. The molecule has 5 nitrogen and oxygen atoms in total. The zero-order valence-electron chi connectivity index (χ0n) is 9.74. The van der Waals surface area contributed by atoms with Gasteiger partial charge in [-0.25, -0.2) is 4.68 Å². The van der Waals surface area contributed by atoms with Crippen LogP contribution in [0.25, 0.3) is 0 Å². The van der Waals surface area contributed by atoms with Crippen LogP contribution in [-0.4, -0.2) is 16.9 Å². The summed E-state index contributed by atoms with van der Waals surface area (Å²) in [5.74, 6) is 1.54. The monoisotopic (exact) mass is 255 g/mol. The lowest BCUT2D eigenvalue weighted by molar-refractivity contribution is 0.373. The Balaban J connectivity index is 1.85. The Morgan fingerprint density at radius 1 is 1.47 bits per heavy atom. The Kier molecular flexibility index (Phi) is 3.71. The van der Waals surface area contributed by atoms with Gasteiger partial charge in [-0.05, 0) is 23.7 Å². The summed E-state index contributed by atoms with van der Waals surface area (Å²) >= 11 is 5.67. The Bertz CT molecular complexity index is 493. The minimum absolute atomic E-state index is 0.404. The maximum atomic E-state index is 5.67. The van der Waals surface area contributed by atoms with E-state index in [1.807, 2.05) is 19.2 Å². The molecule has 0 amide bonds. The number of nitrogens with one attached hydrogen (secondary N) is 1. The highest BCUT2D eigenvalue weighted by Gasteiger charge is 2.05. The summed E-state index contributed by atoms with van der Waals surface area (Å²) in [5.41, 5.74) is 0.919. The second kappa shape index (κ2) is 5.25. The first-order chi connectivity index (χ1) is 8.19. The summed E-state index contributed by atoms with van der Waals surface area (Å²) in [6.45, 7) is 1.27. The molecule has 0 aromatic carbocycles. The standard InChI is InChI=1S/C11H14ClN3O2/c1-15-11(16-2)5-8(14-15)6-13-7-9-3-4-10(12)17-9/h3-5,13H,6-7H2,1-2H3. The molecule has 2 rings (SSSR count). The smallest absolute Gasteiger partial charge is 0.211 e. The van der Waals surface area contributed by atoms with Gasteiger partial charge in [0.15, 0.2) is 5.22 Å². The predicted octanol–water partition coefficient (Wildman–Crippen LogP) is 1.96. The number of methoxy groups -OCH3 is 1.